The van der Waals surface area contributed by atoms with Crippen molar-refractivity contribution in [2.75, 3.05) is 0 Å². The lowest BCUT2D eigenvalue weighted by molar-refractivity contribution is -0.120. The van der Waals surface area contributed by atoms with Gasteiger partial charge in [0, 0.05) is 19.4 Å². The van der Waals surface area contributed by atoms with Gasteiger partial charge in [0.2, 0.25) is 5.91 Å². The summed E-state index contributed by atoms with van der Waals surface area (Å²) in [5.41, 5.74) is 3.42. The van der Waals surface area contributed by atoms with Gasteiger partial charge in [0.05, 0.1) is 24.9 Å². The van der Waals surface area contributed by atoms with Crippen LogP contribution in [0.15, 0.2) is 41.5 Å². The van der Waals surface area contributed by atoms with E-state index < -0.39 is 0 Å². The van der Waals surface area contributed by atoms with Crippen molar-refractivity contribution in [1.82, 2.24) is 25.1 Å². The van der Waals surface area contributed by atoms with Gasteiger partial charge in [-0.1, -0.05) is 0 Å². The van der Waals surface area contributed by atoms with Crippen molar-refractivity contribution in [3.05, 3.63) is 52.7 Å². The highest BCUT2D eigenvalue weighted by molar-refractivity contribution is 7.07. The lowest BCUT2D eigenvalue weighted by atomic mass is 10.2. The molecular weight excluding hydrogens is 298 g/mol. The Labute approximate surface area is 131 Å². The van der Waals surface area contributed by atoms with Crippen LogP contribution in [-0.2, 0) is 24.8 Å². The second-order valence-electron chi connectivity index (χ2n) is 4.82. The average Bonchev–Trinajstić information content (AvgIpc) is 3.16. The van der Waals surface area contributed by atoms with E-state index in [0.717, 1.165) is 17.0 Å². The zero-order valence-corrected chi connectivity index (χ0v) is 12.9. The third-order valence-electron chi connectivity index (χ3n) is 3.21. The summed E-state index contributed by atoms with van der Waals surface area (Å²) in [6.07, 6.45) is 5.32. The van der Waals surface area contributed by atoms with Crippen LogP contribution in [0.3, 0.4) is 0 Å². The van der Waals surface area contributed by atoms with Crippen LogP contribution in [0.5, 0.6) is 0 Å². The second-order valence-corrected chi connectivity index (χ2v) is 5.60. The monoisotopic (exact) mass is 313 g/mol. The lowest BCUT2D eigenvalue weighted by Gasteiger charge is -2.04. The number of nitrogens with zero attached hydrogens (tertiary/aromatic N) is 4. The highest BCUT2D eigenvalue weighted by Crippen LogP contribution is 2.15. The SMILES string of the molecule is Cn1nc(-c2cnccn2)cc1CNC(=O)Cc1ccsc1. The van der Waals surface area contributed by atoms with E-state index in [0.29, 0.717) is 18.7 Å². The number of carbonyl (C=O) groups excluding carboxylic acids is 1. The van der Waals surface area contributed by atoms with Crippen LogP contribution in [0, 0.1) is 0 Å². The molecule has 0 unspecified atom stereocenters. The topological polar surface area (TPSA) is 72.7 Å². The maximum absolute atomic E-state index is 11.9. The van der Waals surface area contributed by atoms with Crippen molar-refractivity contribution in [3.8, 4) is 11.4 Å². The molecule has 0 spiro atoms. The van der Waals surface area contributed by atoms with Gasteiger partial charge in [-0.25, -0.2) is 0 Å². The van der Waals surface area contributed by atoms with Crippen LogP contribution in [0.4, 0.5) is 0 Å². The Morgan fingerprint density at radius 2 is 2.27 bits per heavy atom. The Balaban J connectivity index is 1.63. The number of hydrogen-bond donors (Lipinski definition) is 1. The highest BCUT2D eigenvalue weighted by atomic mass is 32.1. The molecule has 0 radical (unpaired) electrons. The standard InChI is InChI=1S/C15H15N5OS/c1-20-12(7-13(19-20)14-9-16-3-4-17-14)8-18-15(21)6-11-2-5-22-10-11/h2-5,7,9-10H,6,8H2,1H3,(H,18,21). The van der Waals surface area contributed by atoms with E-state index in [-0.39, 0.29) is 5.91 Å². The first-order valence-corrected chi connectivity index (χ1v) is 7.74. The molecule has 0 fully saturated rings. The summed E-state index contributed by atoms with van der Waals surface area (Å²) < 4.78 is 1.74. The van der Waals surface area contributed by atoms with Crippen LogP contribution in [0.1, 0.15) is 11.3 Å². The zero-order chi connectivity index (χ0) is 15.4. The number of thiophene rings is 1. The predicted molar refractivity (Wildman–Crippen MR) is 84.1 cm³/mol. The van der Waals surface area contributed by atoms with E-state index in [2.05, 4.69) is 20.4 Å². The molecule has 6 nitrogen and oxygen atoms in total. The first kappa shape index (κ1) is 14.4. The summed E-state index contributed by atoms with van der Waals surface area (Å²) in [5, 5.41) is 11.3. The van der Waals surface area contributed by atoms with Gasteiger partial charge in [0.1, 0.15) is 11.4 Å². The summed E-state index contributed by atoms with van der Waals surface area (Å²) in [6, 6.07) is 3.87. The van der Waals surface area contributed by atoms with Gasteiger partial charge in [0.25, 0.3) is 0 Å². The summed E-state index contributed by atoms with van der Waals surface area (Å²) >= 11 is 1.59. The molecule has 0 aromatic carbocycles. The number of aromatic nitrogens is 4. The van der Waals surface area contributed by atoms with Gasteiger partial charge in [-0.2, -0.15) is 16.4 Å². The quantitative estimate of drug-likeness (QED) is 0.779. The molecule has 0 bridgehead atoms. The van der Waals surface area contributed by atoms with Crippen LogP contribution >= 0.6 is 11.3 Å². The van der Waals surface area contributed by atoms with Crippen molar-refractivity contribution >= 4 is 17.2 Å². The van der Waals surface area contributed by atoms with Crippen LogP contribution in [0.25, 0.3) is 11.4 Å². The van der Waals surface area contributed by atoms with Crippen LogP contribution in [0.2, 0.25) is 0 Å². The second kappa shape index (κ2) is 6.48. The van der Waals surface area contributed by atoms with Gasteiger partial charge in [0.15, 0.2) is 0 Å². The van der Waals surface area contributed by atoms with E-state index in [9.17, 15) is 4.79 Å². The predicted octanol–water partition coefficient (Wildman–Crippen LogP) is 1.80. The van der Waals surface area contributed by atoms with Crippen molar-refractivity contribution in [1.29, 1.82) is 0 Å². The summed E-state index contributed by atoms with van der Waals surface area (Å²) in [4.78, 5) is 20.2. The van der Waals surface area contributed by atoms with Crippen molar-refractivity contribution < 1.29 is 4.79 Å². The molecule has 7 heteroatoms. The molecule has 0 aliphatic heterocycles. The largest absolute Gasteiger partial charge is 0.350 e. The fourth-order valence-corrected chi connectivity index (χ4v) is 2.73. The van der Waals surface area contributed by atoms with Gasteiger partial charge in [-0.3, -0.25) is 19.4 Å². The van der Waals surface area contributed by atoms with Crippen LogP contribution < -0.4 is 5.32 Å². The molecule has 1 N–H and O–H groups in total. The number of hydrogen-bond acceptors (Lipinski definition) is 5. The number of amides is 1. The van der Waals surface area contributed by atoms with Crippen molar-refractivity contribution in [2.24, 2.45) is 7.05 Å². The van der Waals surface area contributed by atoms with Gasteiger partial charge in [-0.15, -0.1) is 0 Å². The Morgan fingerprint density at radius 3 is 3.00 bits per heavy atom. The molecule has 0 saturated heterocycles. The number of aryl methyl sites for hydroxylation is 1. The minimum atomic E-state index is 0.000604. The van der Waals surface area contributed by atoms with E-state index in [1.807, 2.05) is 29.9 Å². The Bertz CT molecular complexity index is 752. The maximum atomic E-state index is 11.9. The van der Waals surface area contributed by atoms with Gasteiger partial charge in [-0.05, 0) is 28.5 Å². The molecule has 3 rings (SSSR count). The third-order valence-corrected chi connectivity index (χ3v) is 3.95. The Hall–Kier alpha value is -2.54. The van der Waals surface area contributed by atoms with E-state index >= 15 is 0 Å². The minimum absolute atomic E-state index is 0.000604. The molecule has 1 amide bonds. The van der Waals surface area contributed by atoms with Crippen molar-refractivity contribution in [2.45, 2.75) is 13.0 Å². The summed E-state index contributed by atoms with van der Waals surface area (Å²) in [6.45, 7) is 0.437. The smallest absolute Gasteiger partial charge is 0.224 e. The maximum Gasteiger partial charge on any atom is 0.224 e. The molecule has 0 aliphatic rings. The molecule has 0 saturated carbocycles. The van der Waals surface area contributed by atoms with Gasteiger partial charge < -0.3 is 5.32 Å². The molecule has 0 atom stereocenters. The zero-order valence-electron chi connectivity index (χ0n) is 12.1. The summed E-state index contributed by atoms with van der Waals surface area (Å²) in [7, 11) is 1.85. The number of nitrogens with one attached hydrogen (secondary N) is 1. The molecule has 3 heterocycles. The number of carbonyl (C=O) groups is 1. The van der Waals surface area contributed by atoms with E-state index in [4.69, 9.17) is 0 Å². The third kappa shape index (κ3) is 3.37. The Morgan fingerprint density at radius 1 is 1.36 bits per heavy atom. The summed E-state index contributed by atoms with van der Waals surface area (Å²) in [5.74, 6) is 0.000604. The normalized spacial score (nSPS) is 10.6. The lowest BCUT2D eigenvalue weighted by Crippen LogP contribution is -2.25. The highest BCUT2D eigenvalue weighted by Gasteiger charge is 2.10. The van der Waals surface area contributed by atoms with E-state index in [1.54, 1.807) is 34.6 Å². The van der Waals surface area contributed by atoms with E-state index in [1.165, 1.54) is 0 Å². The first-order valence-electron chi connectivity index (χ1n) is 6.79. The van der Waals surface area contributed by atoms with Gasteiger partial charge >= 0.3 is 0 Å². The first-order chi connectivity index (χ1) is 10.7. The molecule has 22 heavy (non-hydrogen) atoms. The fourth-order valence-electron chi connectivity index (χ4n) is 2.06. The average molecular weight is 313 g/mol. The molecule has 0 aliphatic carbocycles. The fraction of sp³-hybridized carbons (Fsp3) is 0.200. The molecule has 3 aromatic heterocycles. The minimum Gasteiger partial charge on any atom is -0.350 e. The van der Waals surface area contributed by atoms with Crippen molar-refractivity contribution in [3.63, 3.8) is 0 Å². The molecular formula is C15H15N5OS. The number of rotatable bonds is 5. The Kier molecular flexibility index (Phi) is 4.24. The van der Waals surface area contributed by atoms with Crippen LogP contribution in [-0.4, -0.2) is 25.7 Å². The molecule has 112 valence electrons. The molecule has 3 aromatic rings.